The normalized spacial score (nSPS) is 24.3. The number of fused-ring (bicyclic) bond motifs is 2. The van der Waals surface area contributed by atoms with Gasteiger partial charge in [-0.25, -0.2) is 4.79 Å². The maximum Gasteiger partial charge on any atom is 0.410 e. The highest BCUT2D eigenvalue weighted by atomic mass is 16.6. The zero-order valence-electron chi connectivity index (χ0n) is 19.0. The number of aryl methyl sites for hydroxylation is 3. The number of piperidine rings is 2. The Morgan fingerprint density at radius 3 is 2.00 bits per heavy atom. The minimum Gasteiger partial charge on any atom is -0.444 e. The quantitative estimate of drug-likeness (QED) is 0.595. The third-order valence-electron chi connectivity index (χ3n) is 6.40. The van der Waals surface area contributed by atoms with Gasteiger partial charge in [-0.2, -0.15) is 0 Å². The fraction of sp³-hybridized carbons (Fsp3) is 0.680. The van der Waals surface area contributed by atoms with Gasteiger partial charge in [0.2, 0.25) is 0 Å². The number of amides is 1. The Morgan fingerprint density at radius 2 is 1.55 bits per heavy atom. The molecule has 0 aliphatic carbocycles. The third-order valence-corrected chi connectivity index (χ3v) is 6.40. The summed E-state index contributed by atoms with van der Waals surface area (Å²) in [5, 5.41) is 0. The summed E-state index contributed by atoms with van der Waals surface area (Å²) in [4.78, 5) is 28.5. The van der Waals surface area contributed by atoms with Crippen molar-refractivity contribution in [3.8, 4) is 0 Å². The fourth-order valence-corrected chi connectivity index (χ4v) is 5.23. The van der Waals surface area contributed by atoms with Gasteiger partial charge in [0.05, 0.1) is 0 Å². The van der Waals surface area contributed by atoms with Crippen molar-refractivity contribution < 1.29 is 14.3 Å². The Morgan fingerprint density at radius 1 is 1.03 bits per heavy atom. The molecule has 0 aromatic heterocycles. The van der Waals surface area contributed by atoms with E-state index in [1.165, 1.54) is 16.7 Å². The average molecular weight is 400 g/mol. The van der Waals surface area contributed by atoms with Crippen LogP contribution in [0.25, 0.3) is 0 Å². The minimum absolute atomic E-state index is 0.00212. The molecule has 1 aromatic rings. The molecule has 4 nitrogen and oxygen atoms in total. The van der Waals surface area contributed by atoms with Crippen molar-refractivity contribution in [2.75, 3.05) is 0 Å². The predicted molar refractivity (Wildman–Crippen MR) is 116 cm³/mol. The van der Waals surface area contributed by atoms with Crippen molar-refractivity contribution in [1.82, 2.24) is 4.90 Å². The Bertz CT molecular complexity index is 738. The zero-order valence-corrected chi connectivity index (χ0v) is 19.0. The maximum atomic E-state index is 13.7. The molecule has 2 heterocycles. The van der Waals surface area contributed by atoms with E-state index in [0.717, 1.165) is 50.5 Å². The number of carbonyl (C=O) groups is 2. The Kier molecular flexibility index (Phi) is 6.40. The van der Waals surface area contributed by atoms with Gasteiger partial charge in [0, 0.05) is 23.6 Å². The summed E-state index contributed by atoms with van der Waals surface area (Å²) >= 11 is 0. The molecular formula is C25H37NO3. The Labute approximate surface area is 176 Å². The number of nitrogens with zero attached hydrogens (tertiary/aromatic N) is 1. The highest BCUT2D eigenvalue weighted by Gasteiger charge is 2.44. The maximum absolute atomic E-state index is 13.7. The summed E-state index contributed by atoms with van der Waals surface area (Å²) in [6, 6.07) is 4.57. The molecule has 3 rings (SSSR count). The number of ether oxygens (including phenoxy) is 1. The van der Waals surface area contributed by atoms with E-state index < -0.39 is 5.60 Å². The van der Waals surface area contributed by atoms with E-state index in [9.17, 15) is 9.59 Å². The van der Waals surface area contributed by atoms with Crippen molar-refractivity contribution in [3.05, 3.63) is 34.4 Å². The molecule has 2 aliphatic rings. The second kappa shape index (κ2) is 8.49. The van der Waals surface area contributed by atoms with Crippen LogP contribution in [0.5, 0.6) is 0 Å². The molecule has 2 bridgehead atoms. The molecule has 29 heavy (non-hydrogen) atoms. The molecule has 2 atom stereocenters. The molecule has 0 spiro atoms. The second-order valence-corrected chi connectivity index (χ2v) is 9.82. The van der Waals surface area contributed by atoms with Gasteiger partial charge in [-0.3, -0.25) is 4.79 Å². The van der Waals surface area contributed by atoms with Gasteiger partial charge in [0.1, 0.15) is 5.60 Å². The van der Waals surface area contributed by atoms with Crippen LogP contribution >= 0.6 is 0 Å². The fourth-order valence-electron chi connectivity index (χ4n) is 5.23. The molecule has 0 saturated carbocycles. The summed E-state index contributed by atoms with van der Waals surface area (Å²) in [5.41, 5.74) is 4.03. The second-order valence-electron chi connectivity index (χ2n) is 9.82. The van der Waals surface area contributed by atoms with Crippen molar-refractivity contribution in [2.45, 2.75) is 104 Å². The van der Waals surface area contributed by atoms with Crippen LogP contribution in [0.4, 0.5) is 4.79 Å². The number of hydrogen-bond donors (Lipinski definition) is 0. The molecule has 4 heteroatoms. The molecule has 160 valence electrons. The van der Waals surface area contributed by atoms with Gasteiger partial charge in [0.25, 0.3) is 0 Å². The summed E-state index contributed by atoms with van der Waals surface area (Å²) in [6.07, 6.45) is 6.11. The lowest BCUT2D eigenvalue weighted by Crippen LogP contribution is -2.56. The highest BCUT2D eigenvalue weighted by molar-refractivity contribution is 6.01. The van der Waals surface area contributed by atoms with Gasteiger partial charge < -0.3 is 9.64 Å². The number of hydrogen-bond acceptors (Lipinski definition) is 3. The van der Waals surface area contributed by atoms with E-state index >= 15 is 0 Å². The first-order valence-corrected chi connectivity index (χ1v) is 11.3. The minimum atomic E-state index is -0.494. The first-order valence-electron chi connectivity index (χ1n) is 11.3. The topological polar surface area (TPSA) is 46.6 Å². The first kappa shape index (κ1) is 21.9. The molecule has 0 radical (unpaired) electrons. The van der Waals surface area contributed by atoms with Crippen LogP contribution in [0.15, 0.2) is 12.1 Å². The number of rotatable bonds is 4. The number of benzene rings is 1. The zero-order chi connectivity index (χ0) is 21.3. The van der Waals surface area contributed by atoms with Crippen molar-refractivity contribution in [3.63, 3.8) is 0 Å². The van der Waals surface area contributed by atoms with E-state index in [0.29, 0.717) is 5.78 Å². The van der Waals surface area contributed by atoms with Crippen LogP contribution in [-0.4, -0.2) is 34.5 Å². The molecule has 2 saturated heterocycles. The number of Topliss-reactive ketones (excluding diaryl/α,β-unsaturated/α-hetero) is 1. The summed E-state index contributed by atoms with van der Waals surface area (Å²) < 4.78 is 5.68. The van der Waals surface area contributed by atoms with Crippen molar-refractivity contribution in [2.24, 2.45) is 5.92 Å². The van der Waals surface area contributed by atoms with E-state index in [2.05, 4.69) is 32.9 Å². The lowest BCUT2D eigenvalue weighted by Gasteiger charge is -2.48. The highest BCUT2D eigenvalue weighted by Crippen LogP contribution is 2.40. The molecule has 1 amide bonds. The van der Waals surface area contributed by atoms with Gasteiger partial charge in [0.15, 0.2) is 5.78 Å². The molecule has 0 N–H and O–H groups in total. The standard InChI is InChI=1S/C25H37NO3/c1-7-17-12-16(3)13-18(8-2)22(17)23(27)19-14-20-10-9-11-21(15-19)26(20)24(28)29-25(4,5)6/h12-13,19-21H,7-11,14-15H2,1-6H3. The van der Waals surface area contributed by atoms with Crippen LogP contribution in [0.3, 0.4) is 0 Å². The molecule has 2 unspecified atom stereocenters. The number of ketones is 1. The van der Waals surface area contributed by atoms with Gasteiger partial charge >= 0.3 is 6.09 Å². The van der Waals surface area contributed by atoms with Gasteiger partial charge in [-0.1, -0.05) is 31.5 Å². The van der Waals surface area contributed by atoms with E-state index in [1.54, 1.807) is 0 Å². The Balaban J connectivity index is 1.85. The summed E-state index contributed by atoms with van der Waals surface area (Å²) in [6.45, 7) is 12.1. The molecular weight excluding hydrogens is 362 g/mol. The smallest absolute Gasteiger partial charge is 0.410 e. The lowest BCUT2D eigenvalue weighted by atomic mass is 9.74. The van der Waals surface area contributed by atoms with Gasteiger partial charge in [-0.15, -0.1) is 0 Å². The Hall–Kier alpha value is -1.84. The van der Waals surface area contributed by atoms with Gasteiger partial charge in [-0.05, 0) is 83.8 Å². The summed E-state index contributed by atoms with van der Waals surface area (Å²) in [7, 11) is 0. The molecule has 2 fully saturated rings. The first-order chi connectivity index (χ1) is 13.6. The van der Waals surface area contributed by atoms with Crippen LogP contribution in [0.1, 0.15) is 93.8 Å². The predicted octanol–water partition coefficient (Wildman–Crippen LogP) is 5.87. The average Bonchev–Trinajstić information content (AvgIpc) is 2.64. The van der Waals surface area contributed by atoms with E-state index in [1.807, 2.05) is 25.7 Å². The van der Waals surface area contributed by atoms with Crippen molar-refractivity contribution >= 4 is 11.9 Å². The van der Waals surface area contributed by atoms with Crippen LogP contribution in [-0.2, 0) is 17.6 Å². The molecule has 1 aromatic carbocycles. The number of carbonyl (C=O) groups excluding carboxylic acids is 2. The summed E-state index contributed by atoms with van der Waals surface area (Å²) in [5.74, 6) is 0.293. The van der Waals surface area contributed by atoms with Crippen molar-refractivity contribution in [1.29, 1.82) is 0 Å². The largest absolute Gasteiger partial charge is 0.444 e. The molecule has 2 aliphatic heterocycles. The van der Waals surface area contributed by atoms with E-state index in [4.69, 9.17) is 4.74 Å². The van der Waals surface area contributed by atoms with Crippen LogP contribution in [0.2, 0.25) is 0 Å². The van der Waals surface area contributed by atoms with E-state index in [-0.39, 0.29) is 24.1 Å². The lowest BCUT2D eigenvalue weighted by molar-refractivity contribution is -0.0261. The SMILES string of the molecule is CCc1cc(C)cc(CC)c1C(=O)C1CC2CCCC(C1)N2C(=O)OC(C)(C)C. The van der Waals surface area contributed by atoms with Crippen LogP contribution < -0.4 is 0 Å². The van der Waals surface area contributed by atoms with Crippen LogP contribution in [0, 0.1) is 12.8 Å². The third kappa shape index (κ3) is 4.67. The monoisotopic (exact) mass is 399 g/mol.